The second kappa shape index (κ2) is 5.30. The average molecular weight is 235 g/mol. The Hall–Kier alpha value is -1.09. The molecule has 0 aliphatic carbocycles. The molecule has 2 aromatic rings. The first-order valence-electron chi connectivity index (χ1n) is 5.84. The van der Waals surface area contributed by atoms with Crippen molar-refractivity contribution in [3.05, 3.63) is 28.8 Å². The van der Waals surface area contributed by atoms with Crippen molar-refractivity contribution in [3.8, 4) is 11.5 Å². The van der Waals surface area contributed by atoms with E-state index in [1.807, 2.05) is 12.1 Å². The van der Waals surface area contributed by atoms with Crippen LogP contribution in [0.2, 0.25) is 0 Å². The molecule has 1 atom stereocenters. The molecule has 0 bridgehead atoms. The summed E-state index contributed by atoms with van der Waals surface area (Å²) >= 11 is 1.75. The van der Waals surface area contributed by atoms with Gasteiger partial charge in [0.1, 0.15) is 5.69 Å². The molecule has 0 amide bonds. The van der Waals surface area contributed by atoms with Gasteiger partial charge in [-0.05, 0) is 25.0 Å². The number of furan rings is 1. The van der Waals surface area contributed by atoms with Gasteiger partial charge in [0.2, 0.25) is 0 Å². The molecule has 3 heteroatoms. The van der Waals surface area contributed by atoms with Gasteiger partial charge < -0.3 is 4.42 Å². The van der Waals surface area contributed by atoms with Gasteiger partial charge in [-0.15, -0.1) is 11.3 Å². The molecule has 86 valence electrons. The van der Waals surface area contributed by atoms with E-state index in [1.54, 1.807) is 17.6 Å². The van der Waals surface area contributed by atoms with Crippen LogP contribution in [0.15, 0.2) is 28.2 Å². The number of nitrogens with zero attached hydrogens (tertiary/aromatic N) is 1. The summed E-state index contributed by atoms with van der Waals surface area (Å²) in [4.78, 5) is 4.67. The topological polar surface area (TPSA) is 26.0 Å². The molecule has 0 aromatic carbocycles. The van der Waals surface area contributed by atoms with Gasteiger partial charge in [-0.3, -0.25) is 0 Å². The number of thiazole rings is 1. The third-order valence-corrected chi connectivity index (χ3v) is 3.78. The highest BCUT2D eigenvalue weighted by Gasteiger charge is 2.14. The lowest BCUT2D eigenvalue weighted by atomic mass is 10.0. The molecular weight excluding hydrogens is 218 g/mol. The Morgan fingerprint density at radius 2 is 2.31 bits per heavy atom. The van der Waals surface area contributed by atoms with Gasteiger partial charge in [0.25, 0.3) is 0 Å². The summed E-state index contributed by atoms with van der Waals surface area (Å²) in [5.41, 5.74) is 0.972. The van der Waals surface area contributed by atoms with E-state index in [1.165, 1.54) is 24.3 Å². The molecule has 0 radical (unpaired) electrons. The van der Waals surface area contributed by atoms with Crippen molar-refractivity contribution in [1.82, 2.24) is 4.98 Å². The first-order valence-corrected chi connectivity index (χ1v) is 6.72. The maximum absolute atomic E-state index is 5.35. The Morgan fingerprint density at radius 3 is 2.94 bits per heavy atom. The van der Waals surface area contributed by atoms with Crippen molar-refractivity contribution in [3.63, 3.8) is 0 Å². The average Bonchev–Trinajstić information content (AvgIpc) is 2.95. The van der Waals surface area contributed by atoms with Gasteiger partial charge >= 0.3 is 0 Å². The van der Waals surface area contributed by atoms with Crippen LogP contribution in [0.25, 0.3) is 11.5 Å². The van der Waals surface area contributed by atoms with Crippen LogP contribution in [-0.2, 0) is 0 Å². The molecule has 0 spiro atoms. The lowest BCUT2D eigenvalue weighted by molar-refractivity contribution is 0.576. The van der Waals surface area contributed by atoms with E-state index in [-0.39, 0.29) is 0 Å². The lowest BCUT2D eigenvalue weighted by Gasteiger charge is -2.09. The highest BCUT2D eigenvalue weighted by molar-refractivity contribution is 7.10. The van der Waals surface area contributed by atoms with Gasteiger partial charge in [-0.2, -0.15) is 0 Å². The normalized spacial score (nSPS) is 12.9. The predicted molar refractivity (Wildman–Crippen MR) is 67.8 cm³/mol. The summed E-state index contributed by atoms with van der Waals surface area (Å²) in [7, 11) is 0. The van der Waals surface area contributed by atoms with Gasteiger partial charge in [0.15, 0.2) is 5.76 Å². The zero-order chi connectivity index (χ0) is 11.4. The van der Waals surface area contributed by atoms with Crippen LogP contribution < -0.4 is 0 Å². The Labute approximate surface area is 100 Å². The zero-order valence-electron chi connectivity index (χ0n) is 9.77. The summed E-state index contributed by atoms with van der Waals surface area (Å²) < 4.78 is 5.35. The molecule has 0 N–H and O–H groups in total. The molecule has 2 aromatic heterocycles. The van der Waals surface area contributed by atoms with Crippen molar-refractivity contribution in [2.45, 2.75) is 39.0 Å². The molecular formula is C13H17NOS. The van der Waals surface area contributed by atoms with Crippen LogP contribution in [0, 0.1) is 0 Å². The van der Waals surface area contributed by atoms with Crippen LogP contribution in [0.4, 0.5) is 0 Å². The molecule has 0 saturated carbocycles. The van der Waals surface area contributed by atoms with Crippen LogP contribution >= 0.6 is 11.3 Å². The van der Waals surface area contributed by atoms with Crippen molar-refractivity contribution >= 4 is 11.3 Å². The molecule has 0 aliphatic rings. The summed E-state index contributed by atoms with van der Waals surface area (Å²) in [6.45, 7) is 4.46. The van der Waals surface area contributed by atoms with E-state index in [0.29, 0.717) is 5.92 Å². The monoisotopic (exact) mass is 235 g/mol. The van der Waals surface area contributed by atoms with E-state index in [4.69, 9.17) is 4.42 Å². The molecule has 0 fully saturated rings. The van der Waals surface area contributed by atoms with Crippen molar-refractivity contribution < 1.29 is 4.42 Å². The van der Waals surface area contributed by atoms with Gasteiger partial charge in [-0.1, -0.05) is 20.3 Å². The summed E-state index contributed by atoms with van der Waals surface area (Å²) in [5.74, 6) is 1.48. The lowest BCUT2D eigenvalue weighted by Crippen LogP contribution is -1.95. The fourth-order valence-corrected chi connectivity index (χ4v) is 2.89. The summed E-state index contributed by atoms with van der Waals surface area (Å²) in [6.07, 6.45) is 5.30. The fraction of sp³-hybridized carbons (Fsp3) is 0.462. The quantitative estimate of drug-likeness (QED) is 0.751. The van der Waals surface area contributed by atoms with Crippen molar-refractivity contribution in [2.24, 2.45) is 0 Å². The van der Waals surface area contributed by atoms with Crippen LogP contribution in [-0.4, -0.2) is 4.98 Å². The number of hydrogen-bond donors (Lipinski definition) is 0. The standard InChI is InChI=1S/C13H17NOS/c1-3-6-10(4-2)13-14-11(9-16-13)12-7-5-8-15-12/h5,7-10H,3-4,6H2,1-2H3. The molecule has 2 heterocycles. The second-order valence-corrected chi connectivity index (χ2v) is 4.83. The van der Waals surface area contributed by atoms with Gasteiger partial charge in [-0.25, -0.2) is 4.98 Å². The van der Waals surface area contributed by atoms with Gasteiger partial charge in [0, 0.05) is 11.3 Å². The highest BCUT2D eigenvalue weighted by atomic mass is 32.1. The first-order chi connectivity index (χ1) is 7.85. The molecule has 16 heavy (non-hydrogen) atoms. The van der Waals surface area contributed by atoms with Crippen LogP contribution in [0.3, 0.4) is 0 Å². The van der Waals surface area contributed by atoms with E-state index < -0.39 is 0 Å². The zero-order valence-corrected chi connectivity index (χ0v) is 10.6. The smallest absolute Gasteiger partial charge is 0.153 e. The van der Waals surface area contributed by atoms with Crippen LogP contribution in [0.1, 0.15) is 44.0 Å². The van der Waals surface area contributed by atoms with E-state index >= 15 is 0 Å². The Bertz CT molecular complexity index is 419. The minimum atomic E-state index is 0.610. The molecule has 2 rings (SSSR count). The van der Waals surface area contributed by atoms with Gasteiger partial charge in [0.05, 0.1) is 11.3 Å². The minimum Gasteiger partial charge on any atom is -0.463 e. The predicted octanol–water partition coefficient (Wildman–Crippen LogP) is 4.70. The minimum absolute atomic E-state index is 0.610. The third kappa shape index (κ3) is 2.35. The Balaban J connectivity index is 2.18. The largest absolute Gasteiger partial charge is 0.463 e. The first kappa shape index (κ1) is 11.4. The Morgan fingerprint density at radius 1 is 1.44 bits per heavy atom. The molecule has 2 nitrogen and oxygen atoms in total. The molecule has 1 unspecified atom stereocenters. The summed E-state index contributed by atoms with van der Waals surface area (Å²) in [6, 6.07) is 3.86. The maximum Gasteiger partial charge on any atom is 0.153 e. The molecule has 0 saturated heterocycles. The molecule has 0 aliphatic heterocycles. The van der Waals surface area contributed by atoms with E-state index in [0.717, 1.165) is 11.5 Å². The van der Waals surface area contributed by atoms with Crippen molar-refractivity contribution in [1.29, 1.82) is 0 Å². The summed E-state index contributed by atoms with van der Waals surface area (Å²) in [5, 5.41) is 3.34. The SMILES string of the molecule is CCCC(CC)c1nc(-c2ccco2)cs1. The maximum atomic E-state index is 5.35. The number of rotatable bonds is 5. The number of aromatic nitrogens is 1. The Kier molecular flexibility index (Phi) is 3.78. The van der Waals surface area contributed by atoms with E-state index in [9.17, 15) is 0 Å². The highest BCUT2D eigenvalue weighted by Crippen LogP contribution is 2.30. The van der Waals surface area contributed by atoms with Crippen molar-refractivity contribution in [2.75, 3.05) is 0 Å². The fourth-order valence-electron chi connectivity index (χ4n) is 1.86. The van der Waals surface area contributed by atoms with E-state index in [2.05, 4.69) is 24.2 Å². The second-order valence-electron chi connectivity index (χ2n) is 3.94. The van der Waals surface area contributed by atoms with Crippen LogP contribution in [0.5, 0.6) is 0 Å². The third-order valence-electron chi connectivity index (χ3n) is 2.77. The number of hydrogen-bond acceptors (Lipinski definition) is 3.